The predicted molar refractivity (Wildman–Crippen MR) is 107 cm³/mol. The van der Waals surface area contributed by atoms with Crippen LogP contribution in [0.3, 0.4) is 0 Å². The number of ketones is 1. The summed E-state index contributed by atoms with van der Waals surface area (Å²) in [5.74, 6) is 0.287. The average molecular weight is 386 g/mol. The summed E-state index contributed by atoms with van der Waals surface area (Å²) in [6.45, 7) is 5.93. The zero-order valence-corrected chi connectivity index (χ0v) is 16.5. The largest absolute Gasteiger partial charge is 0.326 e. The van der Waals surface area contributed by atoms with Gasteiger partial charge in [0.2, 0.25) is 5.91 Å². The molecular formula is C19H19N3O2S2. The molecule has 2 heterocycles. The molecule has 0 aliphatic heterocycles. The maximum atomic E-state index is 12.5. The van der Waals surface area contributed by atoms with Crippen LogP contribution in [0.5, 0.6) is 0 Å². The fourth-order valence-corrected chi connectivity index (χ4v) is 4.48. The minimum absolute atomic E-state index is 0.0275. The molecular weight excluding hydrogens is 366 g/mol. The maximum absolute atomic E-state index is 12.5. The summed E-state index contributed by atoms with van der Waals surface area (Å²) in [4.78, 5) is 34.8. The molecule has 0 aliphatic carbocycles. The van der Waals surface area contributed by atoms with Crippen molar-refractivity contribution in [3.8, 4) is 0 Å². The molecule has 0 saturated heterocycles. The summed E-state index contributed by atoms with van der Waals surface area (Å²) < 4.78 is 0. The number of nitrogens with one attached hydrogen (secondary N) is 1. The van der Waals surface area contributed by atoms with Crippen LogP contribution in [0.2, 0.25) is 0 Å². The first-order valence-electron chi connectivity index (χ1n) is 8.26. The lowest BCUT2D eigenvalue weighted by atomic mass is 10.1. The molecule has 0 atom stereocenters. The summed E-state index contributed by atoms with van der Waals surface area (Å²) in [5, 5.41) is 4.66. The molecule has 2 aromatic heterocycles. The summed E-state index contributed by atoms with van der Waals surface area (Å²) in [5.41, 5.74) is 2.50. The fourth-order valence-electron chi connectivity index (χ4n) is 2.47. The van der Waals surface area contributed by atoms with E-state index < -0.39 is 0 Å². The number of thioether (sulfide) groups is 1. The minimum Gasteiger partial charge on any atom is -0.326 e. The Labute approximate surface area is 160 Å². The van der Waals surface area contributed by atoms with Gasteiger partial charge < -0.3 is 5.32 Å². The fraction of sp³-hybridized carbons (Fsp3) is 0.263. The average Bonchev–Trinajstić information content (AvgIpc) is 2.95. The molecule has 5 nitrogen and oxygen atoms in total. The Morgan fingerprint density at radius 2 is 1.88 bits per heavy atom. The van der Waals surface area contributed by atoms with Crippen LogP contribution in [0.15, 0.2) is 35.6 Å². The molecule has 3 rings (SSSR count). The normalized spacial score (nSPS) is 10.9. The Morgan fingerprint density at radius 3 is 2.58 bits per heavy atom. The molecule has 0 spiro atoms. The van der Waals surface area contributed by atoms with Crippen LogP contribution in [0, 0.1) is 13.8 Å². The maximum Gasteiger partial charge on any atom is 0.224 e. The van der Waals surface area contributed by atoms with Gasteiger partial charge in [0.15, 0.2) is 5.78 Å². The number of benzene rings is 1. The van der Waals surface area contributed by atoms with Crippen molar-refractivity contribution in [2.24, 2.45) is 0 Å². The molecule has 0 bridgehead atoms. The number of carbonyl (C=O) groups excluding carboxylic acids is 2. The molecule has 0 unspecified atom stereocenters. The number of hydrogen-bond acceptors (Lipinski definition) is 6. The van der Waals surface area contributed by atoms with Crippen LogP contribution in [0.4, 0.5) is 5.69 Å². The van der Waals surface area contributed by atoms with Gasteiger partial charge in [-0.25, -0.2) is 9.97 Å². The molecule has 1 amide bonds. The number of rotatable bonds is 6. The number of amides is 1. The van der Waals surface area contributed by atoms with Gasteiger partial charge in [0.05, 0.1) is 5.75 Å². The number of nitrogens with zero attached hydrogens (tertiary/aromatic N) is 2. The smallest absolute Gasteiger partial charge is 0.224 e. The molecule has 1 aromatic carbocycles. The van der Waals surface area contributed by atoms with Gasteiger partial charge in [0, 0.05) is 27.9 Å². The Morgan fingerprint density at radius 1 is 1.15 bits per heavy atom. The highest BCUT2D eigenvalue weighted by Gasteiger charge is 2.14. The number of Topliss-reactive ketones (excluding diaryl/α,β-unsaturated/α-hetero) is 1. The lowest BCUT2D eigenvalue weighted by Gasteiger charge is -2.06. The topological polar surface area (TPSA) is 72.0 Å². The highest BCUT2D eigenvalue weighted by molar-refractivity contribution is 8.00. The van der Waals surface area contributed by atoms with Crippen LogP contribution in [-0.4, -0.2) is 27.4 Å². The molecule has 7 heteroatoms. The SMILES string of the molecule is CCC(=O)Nc1ccc(C(=O)CSc2ncnc3sc(C)c(C)c23)cc1. The van der Waals surface area contributed by atoms with Crippen molar-refractivity contribution < 1.29 is 9.59 Å². The van der Waals surface area contributed by atoms with Gasteiger partial charge in [-0.05, 0) is 43.7 Å². The van der Waals surface area contributed by atoms with Gasteiger partial charge in [-0.15, -0.1) is 11.3 Å². The molecule has 26 heavy (non-hydrogen) atoms. The highest BCUT2D eigenvalue weighted by atomic mass is 32.2. The monoisotopic (exact) mass is 385 g/mol. The van der Waals surface area contributed by atoms with Crippen LogP contribution in [0.25, 0.3) is 10.2 Å². The second-order valence-corrected chi connectivity index (χ2v) is 8.00. The molecule has 3 aromatic rings. The van der Waals surface area contributed by atoms with Crippen LogP contribution >= 0.6 is 23.1 Å². The van der Waals surface area contributed by atoms with E-state index in [4.69, 9.17) is 0 Å². The number of hydrogen-bond donors (Lipinski definition) is 1. The van der Waals surface area contributed by atoms with Crippen molar-refractivity contribution in [3.05, 3.63) is 46.6 Å². The van der Waals surface area contributed by atoms with Crippen molar-refractivity contribution in [1.82, 2.24) is 9.97 Å². The van der Waals surface area contributed by atoms with Gasteiger partial charge in [-0.3, -0.25) is 9.59 Å². The number of fused-ring (bicyclic) bond motifs is 1. The highest BCUT2D eigenvalue weighted by Crippen LogP contribution is 2.34. The van der Waals surface area contributed by atoms with Gasteiger partial charge in [-0.1, -0.05) is 18.7 Å². The van der Waals surface area contributed by atoms with Gasteiger partial charge >= 0.3 is 0 Å². The van der Waals surface area contributed by atoms with E-state index in [2.05, 4.69) is 29.1 Å². The molecule has 0 aliphatic rings. The number of aromatic nitrogens is 2. The number of aryl methyl sites for hydroxylation is 2. The van der Waals surface area contributed by atoms with Gasteiger partial charge in [-0.2, -0.15) is 0 Å². The minimum atomic E-state index is -0.0474. The van der Waals surface area contributed by atoms with Crippen LogP contribution in [0.1, 0.15) is 34.1 Å². The van der Waals surface area contributed by atoms with E-state index in [0.29, 0.717) is 23.4 Å². The second-order valence-electron chi connectivity index (χ2n) is 5.83. The van der Waals surface area contributed by atoms with Crippen molar-refractivity contribution in [3.63, 3.8) is 0 Å². The van der Waals surface area contributed by atoms with Crippen LogP contribution < -0.4 is 5.32 Å². The van der Waals surface area contributed by atoms with E-state index in [-0.39, 0.29) is 11.7 Å². The number of anilines is 1. The second kappa shape index (κ2) is 7.97. The summed E-state index contributed by atoms with van der Waals surface area (Å²) >= 11 is 3.08. The van der Waals surface area contributed by atoms with Gasteiger partial charge in [0.1, 0.15) is 16.2 Å². The first-order valence-corrected chi connectivity index (χ1v) is 10.1. The first-order chi connectivity index (χ1) is 12.5. The zero-order chi connectivity index (χ0) is 18.7. The quantitative estimate of drug-likeness (QED) is 0.380. The lowest BCUT2D eigenvalue weighted by Crippen LogP contribution is -2.09. The molecule has 0 fully saturated rings. The van der Waals surface area contributed by atoms with E-state index in [0.717, 1.165) is 15.2 Å². The van der Waals surface area contributed by atoms with Crippen molar-refractivity contribution in [1.29, 1.82) is 0 Å². The predicted octanol–water partition coefficient (Wildman–Crippen LogP) is 4.63. The molecule has 0 saturated carbocycles. The van der Waals surface area contributed by atoms with E-state index in [9.17, 15) is 9.59 Å². The third-order valence-electron chi connectivity index (χ3n) is 4.08. The summed E-state index contributed by atoms with van der Waals surface area (Å²) in [7, 11) is 0. The third kappa shape index (κ3) is 3.94. The van der Waals surface area contributed by atoms with Crippen molar-refractivity contribution in [2.45, 2.75) is 32.2 Å². The number of carbonyl (C=O) groups is 2. The number of thiophene rings is 1. The van der Waals surface area contributed by atoms with E-state index in [1.54, 1.807) is 48.9 Å². The Hall–Kier alpha value is -2.25. The Bertz CT molecular complexity index is 965. The Kier molecular flexibility index (Phi) is 5.68. The van der Waals surface area contributed by atoms with Gasteiger partial charge in [0.25, 0.3) is 0 Å². The van der Waals surface area contributed by atoms with E-state index in [1.807, 2.05) is 0 Å². The zero-order valence-electron chi connectivity index (χ0n) is 14.8. The Balaban J connectivity index is 1.70. The molecule has 134 valence electrons. The molecule has 1 N–H and O–H groups in total. The molecule has 0 radical (unpaired) electrons. The van der Waals surface area contributed by atoms with Crippen molar-refractivity contribution >= 4 is 50.7 Å². The third-order valence-corrected chi connectivity index (χ3v) is 6.19. The first kappa shape index (κ1) is 18.5. The summed E-state index contributed by atoms with van der Waals surface area (Å²) in [6.07, 6.45) is 1.97. The van der Waals surface area contributed by atoms with E-state index in [1.165, 1.54) is 22.2 Å². The van der Waals surface area contributed by atoms with Crippen LogP contribution in [-0.2, 0) is 4.79 Å². The summed E-state index contributed by atoms with van der Waals surface area (Å²) in [6, 6.07) is 6.98. The van der Waals surface area contributed by atoms with E-state index >= 15 is 0 Å². The van der Waals surface area contributed by atoms with Crippen molar-refractivity contribution in [2.75, 3.05) is 11.1 Å². The standard InChI is InChI=1S/C19H19N3O2S2/c1-4-16(24)22-14-7-5-13(6-8-14)15(23)9-25-18-17-11(2)12(3)26-19(17)21-10-20-18/h5-8,10H,4,9H2,1-3H3,(H,22,24). The lowest BCUT2D eigenvalue weighted by molar-refractivity contribution is -0.115.